The molecule has 0 radical (unpaired) electrons. The van der Waals surface area contributed by atoms with Gasteiger partial charge >= 0.3 is 0 Å². The highest BCUT2D eigenvalue weighted by atomic mass is 32.2. The molecule has 27 heavy (non-hydrogen) atoms. The molecule has 0 atom stereocenters. The number of thioether (sulfide) groups is 1. The smallest absolute Gasteiger partial charge is 0.263 e. The molecule has 0 aliphatic rings. The van der Waals surface area contributed by atoms with Gasteiger partial charge in [0.2, 0.25) is 5.91 Å². The second-order valence-electron chi connectivity index (χ2n) is 6.06. The first kappa shape index (κ1) is 21.9. The fraction of sp³-hybridized carbons (Fsp3) is 0.611. The van der Waals surface area contributed by atoms with Crippen LogP contribution in [0.15, 0.2) is 9.95 Å². The molecule has 1 amide bonds. The van der Waals surface area contributed by atoms with Crippen molar-refractivity contribution in [3.05, 3.63) is 20.8 Å². The van der Waals surface area contributed by atoms with Crippen LogP contribution in [-0.4, -0.2) is 66.6 Å². The van der Waals surface area contributed by atoms with E-state index in [1.54, 1.807) is 23.7 Å². The highest BCUT2D eigenvalue weighted by Gasteiger charge is 2.19. The molecule has 7 nitrogen and oxygen atoms in total. The van der Waals surface area contributed by atoms with Crippen molar-refractivity contribution in [1.29, 1.82) is 0 Å². The second kappa shape index (κ2) is 10.2. The molecule has 0 bridgehead atoms. The summed E-state index contributed by atoms with van der Waals surface area (Å²) in [7, 11) is 3.22. The van der Waals surface area contributed by atoms with Crippen molar-refractivity contribution >= 4 is 39.2 Å². The van der Waals surface area contributed by atoms with Crippen molar-refractivity contribution < 1.29 is 14.3 Å². The van der Waals surface area contributed by atoms with Crippen molar-refractivity contribution in [2.24, 2.45) is 0 Å². The Morgan fingerprint density at radius 3 is 2.41 bits per heavy atom. The summed E-state index contributed by atoms with van der Waals surface area (Å²) in [6.07, 6.45) is 0. The van der Waals surface area contributed by atoms with Crippen molar-refractivity contribution in [3.63, 3.8) is 0 Å². The number of fused-ring (bicyclic) bond motifs is 1. The molecule has 0 saturated heterocycles. The normalized spacial score (nSPS) is 11.3. The fourth-order valence-corrected chi connectivity index (χ4v) is 4.72. The predicted molar refractivity (Wildman–Crippen MR) is 110 cm³/mol. The third-order valence-corrected chi connectivity index (χ3v) is 6.44. The average Bonchev–Trinajstić information content (AvgIpc) is 2.94. The maximum absolute atomic E-state index is 12.9. The molecule has 9 heteroatoms. The van der Waals surface area contributed by atoms with Crippen LogP contribution in [0.3, 0.4) is 0 Å². The molecular formula is C18H27N3O4S2. The maximum Gasteiger partial charge on any atom is 0.263 e. The molecule has 0 aromatic carbocycles. The van der Waals surface area contributed by atoms with Gasteiger partial charge in [-0.2, -0.15) is 0 Å². The first-order valence-electron chi connectivity index (χ1n) is 8.83. The first-order chi connectivity index (χ1) is 12.9. The summed E-state index contributed by atoms with van der Waals surface area (Å²) in [5.74, 6) is 0.193. The van der Waals surface area contributed by atoms with Gasteiger partial charge in [0.1, 0.15) is 4.83 Å². The molecule has 2 aromatic rings. The lowest BCUT2D eigenvalue weighted by molar-refractivity contribution is -0.129. The number of nitrogens with zero attached hydrogens (tertiary/aromatic N) is 3. The van der Waals surface area contributed by atoms with E-state index < -0.39 is 0 Å². The van der Waals surface area contributed by atoms with Gasteiger partial charge in [-0.25, -0.2) is 4.98 Å². The van der Waals surface area contributed by atoms with E-state index in [0.29, 0.717) is 43.4 Å². The fourth-order valence-electron chi connectivity index (χ4n) is 2.68. The molecule has 0 aliphatic heterocycles. The van der Waals surface area contributed by atoms with Crippen molar-refractivity contribution in [2.45, 2.75) is 32.5 Å². The predicted octanol–water partition coefficient (Wildman–Crippen LogP) is 2.31. The molecule has 150 valence electrons. The van der Waals surface area contributed by atoms with Gasteiger partial charge in [-0.05, 0) is 26.3 Å². The molecule has 0 spiro atoms. The molecular weight excluding hydrogens is 386 g/mol. The highest BCUT2D eigenvalue weighted by Crippen LogP contribution is 2.28. The summed E-state index contributed by atoms with van der Waals surface area (Å²) >= 11 is 2.83. The minimum atomic E-state index is -0.0325. The molecule has 2 aromatic heterocycles. The van der Waals surface area contributed by atoms with Gasteiger partial charge in [0, 0.05) is 38.7 Å². The van der Waals surface area contributed by atoms with Gasteiger partial charge in [-0.15, -0.1) is 11.3 Å². The first-order valence-corrected chi connectivity index (χ1v) is 10.6. The van der Waals surface area contributed by atoms with Crippen molar-refractivity contribution in [1.82, 2.24) is 14.5 Å². The summed E-state index contributed by atoms with van der Waals surface area (Å²) in [5, 5.41) is 1.28. The Bertz CT molecular complexity index is 839. The number of methoxy groups -OCH3 is 2. The van der Waals surface area contributed by atoms with Gasteiger partial charge < -0.3 is 14.4 Å². The molecule has 0 unspecified atom stereocenters. The Kier molecular flexibility index (Phi) is 8.28. The van der Waals surface area contributed by atoms with Crippen LogP contribution >= 0.6 is 23.1 Å². The largest absolute Gasteiger partial charge is 0.383 e. The van der Waals surface area contributed by atoms with Gasteiger partial charge in [0.15, 0.2) is 5.16 Å². The number of aryl methyl sites for hydroxylation is 2. The van der Waals surface area contributed by atoms with E-state index in [4.69, 9.17) is 9.47 Å². The van der Waals surface area contributed by atoms with Crippen molar-refractivity contribution in [2.75, 3.05) is 46.3 Å². The summed E-state index contributed by atoms with van der Waals surface area (Å²) < 4.78 is 11.8. The van der Waals surface area contributed by atoms with Crippen LogP contribution < -0.4 is 5.56 Å². The Hall–Kier alpha value is -1.42. The van der Waals surface area contributed by atoms with Crippen LogP contribution in [0.2, 0.25) is 0 Å². The number of carbonyl (C=O) groups excluding carboxylic acids is 1. The van der Waals surface area contributed by atoms with Crippen LogP contribution in [0.25, 0.3) is 10.2 Å². The number of rotatable bonds is 10. The van der Waals surface area contributed by atoms with E-state index in [2.05, 4.69) is 4.98 Å². The Balaban J connectivity index is 2.22. The number of hydrogen-bond donors (Lipinski definition) is 0. The Morgan fingerprint density at radius 1 is 1.22 bits per heavy atom. The molecule has 2 heterocycles. The SMILES string of the molecule is CCn1c(SCC(=O)N(CCOC)CCOC)nc2sc(C)c(C)c2c1=O. The molecule has 2 rings (SSSR count). The standard InChI is InChI=1S/C18H27N3O4S2/c1-6-21-17(23)15-12(2)13(3)27-16(15)19-18(21)26-11-14(22)20(7-9-24-4)8-10-25-5/h6-11H2,1-5H3. The minimum Gasteiger partial charge on any atom is -0.383 e. The second-order valence-corrected chi connectivity index (χ2v) is 8.21. The van der Waals surface area contributed by atoms with Crippen molar-refractivity contribution in [3.8, 4) is 0 Å². The van der Waals surface area contributed by atoms with E-state index >= 15 is 0 Å². The summed E-state index contributed by atoms with van der Waals surface area (Å²) in [5.41, 5.74) is 0.961. The zero-order valence-corrected chi connectivity index (χ0v) is 18.2. The van der Waals surface area contributed by atoms with Gasteiger partial charge in [0.25, 0.3) is 5.56 Å². The summed E-state index contributed by atoms with van der Waals surface area (Å²) in [4.78, 5) is 33.7. The van der Waals surface area contributed by atoms with E-state index in [1.807, 2.05) is 20.8 Å². The Labute approximate surface area is 167 Å². The number of aromatic nitrogens is 2. The van der Waals surface area contributed by atoms with E-state index in [9.17, 15) is 9.59 Å². The lowest BCUT2D eigenvalue weighted by atomic mass is 10.2. The number of ether oxygens (including phenoxy) is 2. The summed E-state index contributed by atoms with van der Waals surface area (Å²) in [6.45, 7) is 8.34. The lowest BCUT2D eigenvalue weighted by Crippen LogP contribution is -2.37. The third kappa shape index (κ3) is 5.10. The zero-order chi connectivity index (χ0) is 20.0. The minimum absolute atomic E-state index is 0.0235. The number of amides is 1. The van der Waals surface area contributed by atoms with Gasteiger partial charge in [-0.3, -0.25) is 14.2 Å². The van der Waals surface area contributed by atoms with Gasteiger partial charge in [0.05, 0.1) is 24.4 Å². The number of thiophene rings is 1. The molecule has 0 N–H and O–H groups in total. The van der Waals surface area contributed by atoms with Crippen LogP contribution in [0.1, 0.15) is 17.4 Å². The molecule has 0 aliphatic carbocycles. The van der Waals surface area contributed by atoms with E-state index in [0.717, 1.165) is 15.3 Å². The zero-order valence-electron chi connectivity index (χ0n) is 16.5. The third-order valence-electron chi connectivity index (χ3n) is 4.38. The van der Waals surface area contributed by atoms with E-state index in [-0.39, 0.29) is 17.2 Å². The topological polar surface area (TPSA) is 73.7 Å². The summed E-state index contributed by atoms with van der Waals surface area (Å²) in [6, 6.07) is 0. The Morgan fingerprint density at radius 2 is 1.85 bits per heavy atom. The number of hydrogen-bond acceptors (Lipinski definition) is 7. The van der Waals surface area contributed by atoms with Crippen LogP contribution in [-0.2, 0) is 20.8 Å². The van der Waals surface area contributed by atoms with Gasteiger partial charge in [-0.1, -0.05) is 11.8 Å². The van der Waals surface area contributed by atoms with Crippen LogP contribution in [0.4, 0.5) is 0 Å². The molecule has 0 fully saturated rings. The molecule has 0 saturated carbocycles. The van der Waals surface area contributed by atoms with Crippen LogP contribution in [0.5, 0.6) is 0 Å². The lowest BCUT2D eigenvalue weighted by Gasteiger charge is -2.22. The monoisotopic (exact) mass is 413 g/mol. The van der Waals surface area contributed by atoms with E-state index in [1.165, 1.54) is 23.1 Å². The highest BCUT2D eigenvalue weighted by molar-refractivity contribution is 7.99. The average molecular weight is 414 g/mol. The quantitative estimate of drug-likeness (QED) is 0.440. The van der Waals surface area contributed by atoms with Crippen LogP contribution in [0, 0.1) is 13.8 Å². The maximum atomic E-state index is 12.9. The number of carbonyl (C=O) groups is 1.